The minimum atomic E-state index is -2.87. The lowest BCUT2D eigenvalue weighted by atomic mass is 9.81. The van der Waals surface area contributed by atoms with Crippen molar-refractivity contribution in [3.63, 3.8) is 0 Å². The summed E-state index contributed by atoms with van der Waals surface area (Å²) in [5.41, 5.74) is 5.73. The Labute approximate surface area is 122 Å². The molecule has 0 unspecified atom stereocenters. The summed E-state index contributed by atoms with van der Waals surface area (Å²) in [7, 11) is 1.29. The third-order valence-corrected chi connectivity index (χ3v) is 2.95. The number of carbonyl (C=O) groups excluding carboxylic acids is 1. The molecule has 1 rings (SSSR count). The molecule has 0 bridgehead atoms. The average molecular weight is 310 g/mol. The van der Waals surface area contributed by atoms with Crippen LogP contribution in [0.5, 0.6) is 5.75 Å². The predicted molar refractivity (Wildman–Crippen MR) is 73.0 cm³/mol. The van der Waals surface area contributed by atoms with Crippen molar-refractivity contribution < 1.29 is 23.0 Å². The van der Waals surface area contributed by atoms with Gasteiger partial charge in [-0.2, -0.15) is 8.78 Å². The Bertz CT molecular complexity index is 438. The number of ether oxygens (including phenoxy) is 2. The molecule has 0 fully saturated rings. The Kier molecular flexibility index (Phi) is 6.88. The van der Waals surface area contributed by atoms with Crippen molar-refractivity contribution in [1.82, 2.24) is 0 Å². The molecule has 0 aliphatic carbocycles. The number of rotatable bonds is 5. The third-order valence-electron chi connectivity index (χ3n) is 2.95. The van der Waals surface area contributed by atoms with E-state index in [9.17, 15) is 13.6 Å². The fraction of sp³-hybridized carbons (Fsp3) is 0.462. The Morgan fingerprint density at radius 1 is 1.25 bits per heavy atom. The summed E-state index contributed by atoms with van der Waals surface area (Å²) in [4.78, 5) is 11.6. The van der Waals surface area contributed by atoms with Gasteiger partial charge in [-0.15, -0.1) is 12.4 Å². The van der Waals surface area contributed by atoms with Crippen LogP contribution in [0.1, 0.15) is 25.5 Å². The quantitative estimate of drug-likeness (QED) is 0.850. The van der Waals surface area contributed by atoms with Gasteiger partial charge in [0.25, 0.3) is 0 Å². The van der Waals surface area contributed by atoms with Crippen LogP contribution < -0.4 is 10.5 Å². The molecule has 2 N–H and O–H groups in total. The van der Waals surface area contributed by atoms with Gasteiger partial charge in [0.15, 0.2) is 0 Å². The molecule has 0 saturated heterocycles. The van der Waals surface area contributed by atoms with Crippen LogP contribution >= 0.6 is 12.4 Å². The highest BCUT2D eigenvalue weighted by molar-refractivity contribution is 5.85. The molecule has 0 aromatic heterocycles. The topological polar surface area (TPSA) is 61.5 Å². The van der Waals surface area contributed by atoms with Gasteiger partial charge in [-0.05, 0) is 31.5 Å². The van der Waals surface area contributed by atoms with Gasteiger partial charge in [0.2, 0.25) is 0 Å². The number of esters is 1. The van der Waals surface area contributed by atoms with E-state index in [1.807, 2.05) is 0 Å². The van der Waals surface area contributed by atoms with E-state index in [1.54, 1.807) is 26.0 Å². The summed E-state index contributed by atoms with van der Waals surface area (Å²) in [6.07, 6.45) is 0. The zero-order chi connectivity index (χ0) is 14.6. The van der Waals surface area contributed by atoms with Gasteiger partial charge in [0.05, 0.1) is 12.5 Å². The van der Waals surface area contributed by atoms with E-state index in [0.717, 1.165) is 0 Å². The first kappa shape index (κ1) is 18.6. The fourth-order valence-electron chi connectivity index (χ4n) is 1.66. The first-order valence-corrected chi connectivity index (χ1v) is 5.67. The van der Waals surface area contributed by atoms with Gasteiger partial charge in [-0.1, -0.05) is 12.1 Å². The molecule has 0 aliphatic rings. The zero-order valence-electron chi connectivity index (χ0n) is 11.4. The summed E-state index contributed by atoms with van der Waals surface area (Å²) in [5, 5.41) is 0. The maximum atomic E-state index is 12.0. The molecule has 1 atom stereocenters. The van der Waals surface area contributed by atoms with E-state index in [-0.39, 0.29) is 18.2 Å². The molecule has 4 nitrogen and oxygen atoms in total. The molecule has 1 aromatic rings. The second kappa shape index (κ2) is 7.40. The molecule has 20 heavy (non-hydrogen) atoms. The highest BCUT2D eigenvalue weighted by Crippen LogP contribution is 2.33. The largest absolute Gasteiger partial charge is 0.469 e. The lowest BCUT2D eigenvalue weighted by molar-refractivity contribution is -0.152. The number of alkyl halides is 2. The van der Waals surface area contributed by atoms with Gasteiger partial charge in [0.1, 0.15) is 5.75 Å². The smallest absolute Gasteiger partial charge is 0.387 e. The zero-order valence-corrected chi connectivity index (χ0v) is 12.2. The van der Waals surface area contributed by atoms with Crippen LogP contribution in [0.4, 0.5) is 8.78 Å². The summed E-state index contributed by atoms with van der Waals surface area (Å²) in [6.45, 7) is 0.450. The number of carbonyl (C=O) groups is 1. The van der Waals surface area contributed by atoms with Crippen molar-refractivity contribution in [3.05, 3.63) is 29.8 Å². The molecule has 0 amide bonds. The summed E-state index contributed by atoms with van der Waals surface area (Å²) >= 11 is 0. The van der Waals surface area contributed by atoms with E-state index in [0.29, 0.717) is 5.56 Å². The lowest BCUT2D eigenvalue weighted by Gasteiger charge is -2.29. The van der Waals surface area contributed by atoms with E-state index >= 15 is 0 Å². The van der Waals surface area contributed by atoms with E-state index in [1.165, 1.54) is 19.2 Å². The van der Waals surface area contributed by atoms with Crippen LogP contribution in [0.15, 0.2) is 24.3 Å². The minimum absolute atomic E-state index is 0. The first-order chi connectivity index (χ1) is 8.78. The fourth-order valence-corrected chi connectivity index (χ4v) is 1.66. The molecule has 7 heteroatoms. The molecule has 0 radical (unpaired) electrons. The molecular weight excluding hydrogens is 292 g/mol. The van der Waals surface area contributed by atoms with Crippen LogP contribution in [0.25, 0.3) is 0 Å². The maximum absolute atomic E-state index is 12.0. The average Bonchev–Trinajstić information content (AvgIpc) is 2.37. The maximum Gasteiger partial charge on any atom is 0.387 e. The van der Waals surface area contributed by atoms with Crippen molar-refractivity contribution >= 4 is 18.4 Å². The van der Waals surface area contributed by atoms with Crippen LogP contribution in [0.3, 0.4) is 0 Å². The number of hydrogen-bond donors (Lipinski definition) is 1. The molecular formula is C13H18ClF2NO3. The predicted octanol–water partition coefficient (Wildman–Crippen LogP) is 2.91. The Balaban J connectivity index is 0.00000361. The molecule has 0 spiro atoms. The van der Waals surface area contributed by atoms with Gasteiger partial charge < -0.3 is 15.2 Å². The number of nitrogens with two attached hydrogens (primary N) is 1. The van der Waals surface area contributed by atoms with E-state index < -0.39 is 24.0 Å². The van der Waals surface area contributed by atoms with Crippen molar-refractivity contribution in [1.29, 1.82) is 0 Å². The molecule has 1 aromatic carbocycles. The summed E-state index contributed by atoms with van der Waals surface area (Å²) < 4.78 is 33.0. The Hall–Kier alpha value is -1.40. The SMILES string of the molecule is COC(=O)C(C)(C)[C@H](N)c1ccc(OC(F)F)cc1.Cl. The number of benzene rings is 1. The van der Waals surface area contributed by atoms with Crippen molar-refractivity contribution in [2.24, 2.45) is 11.1 Å². The standard InChI is InChI=1S/C13H17F2NO3.ClH/c1-13(2,11(17)18-3)10(16)8-4-6-9(7-5-8)19-12(14)15;/h4-7,10,12H,16H2,1-3H3;1H/t10-;/m1./s1. The minimum Gasteiger partial charge on any atom is -0.469 e. The van der Waals surface area contributed by atoms with E-state index in [2.05, 4.69) is 4.74 Å². The second-order valence-electron chi connectivity index (χ2n) is 4.64. The Morgan fingerprint density at radius 3 is 2.15 bits per heavy atom. The Morgan fingerprint density at radius 2 is 1.75 bits per heavy atom. The molecule has 114 valence electrons. The van der Waals surface area contributed by atoms with Crippen molar-refractivity contribution in [2.75, 3.05) is 7.11 Å². The van der Waals surface area contributed by atoms with Gasteiger partial charge in [0, 0.05) is 6.04 Å². The van der Waals surface area contributed by atoms with Gasteiger partial charge in [-0.25, -0.2) is 0 Å². The van der Waals surface area contributed by atoms with Gasteiger partial charge in [-0.3, -0.25) is 4.79 Å². The van der Waals surface area contributed by atoms with Gasteiger partial charge >= 0.3 is 12.6 Å². The number of hydrogen-bond acceptors (Lipinski definition) is 4. The monoisotopic (exact) mass is 309 g/mol. The third kappa shape index (κ3) is 4.31. The van der Waals surface area contributed by atoms with Crippen LogP contribution in [0.2, 0.25) is 0 Å². The normalized spacial score (nSPS) is 12.6. The van der Waals surface area contributed by atoms with Crippen molar-refractivity contribution in [2.45, 2.75) is 26.5 Å². The van der Waals surface area contributed by atoms with Crippen LogP contribution in [-0.2, 0) is 9.53 Å². The highest BCUT2D eigenvalue weighted by Gasteiger charge is 2.36. The highest BCUT2D eigenvalue weighted by atomic mass is 35.5. The second-order valence-corrected chi connectivity index (χ2v) is 4.64. The molecule has 0 heterocycles. The lowest BCUT2D eigenvalue weighted by Crippen LogP contribution is -2.37. The summed E-state index contributed by atoms with van der Waals surface area (Å²) in [6, 6.07) is 5.25. The van der Waals surface area contributed by atoms with Crippen LogP contribution in [0, 0.1) is 5.41 Å². The van der Waals surface area contributed by atoms with Crippen LogP contribution in [-0.4, -0.2) is 19.7 Å². The first-order valence-electron chi connectivity index (χ1n) is 5.67. The van der Waals surface area contributed by atoms with E-state index in [4.69, 9.17) is 10.5 Å². The van der Waals surface area contributed by atoms with Crippen molar-refractivity contribution in [3.8, 4) is 5.75 Å². The summed E-state index contributed by atoms with van der Waals surface area (Å²) in [5.74, 6) is -0.394. The molecule has 0 saturated carbocycles. The number of halogens is 3. The number of methoxy groups -OCH3 is 1. The molecule has 0 aliphatic heterocycles.